The van der Waals surface area contributed by atoms with Crippen LogP contribution in [0.15, 0.2) is 29.4 Å². The number of nitroso groups, excluding NO2 is 1. The van der Waals surface area contributed by atoms with Gasteiger partial charge in [-0.25, -0.2) is 5.43 Å². The maximum Gasteiger partial charge on any atom is 0.158 e. The number of benzene rings is 1. The molecule has 0 amide bonds. The fourth-order valence-electron chi connectivity index (χ4n) is 2.37. The highest BCUT2D eigenvalue weighted by Gasteiger charge is 2.36. The van der Waals surface area contributed by atoms with Gasteiger partial charge in [-0.3, -0.25) is 4.79 Å². The van der Waals surface area contributed by atoms with Crippen LogP contribution >= 0.6 is 0 Å². The largest absolute Gasteiger partial charge is 0.305 e. The minimum Gasteiger partial charge on any atom is -0.305 e. The third-order valence-electron chi connectivity index (χ3n) is 3.47. The number of hydrogen-bond donors (Lipinski definition) is 1. The van der Waals surface area contributed by atoms with Crippen molar-refractivity contribution in [1.82, 2.24) is 5.43 Å². The molecule has 5 nitrogen and oxygen atoms in total. The summed E-state index contributed by atoms with van der Waals surface area (Å²) in [5.74, 6) is 0.106. The fraction of sp³-hybridized carbons (Fsp3) is 0.533. The minimum atomic E-state index is -0.712. The maximum atomic E-state index is 12.3. The monoisotopic (exact) mass is 275 g/mol. The molecular weight excluding hydrogens is 254 g/mol. The van der Waals surface area contributed by atoms with Crippen molar-refractivity contribution in [3.63, 3.8) is 0 Å². The van der Waals surface area contributed by atoms with Crippen molar-refractivity contribution < 1.29 is 4.79 Å². The van der Waals surface area contributed by atoms with Crippen LogP contribution in [0.5, 0.6) is 0 Å². The van der Waals surface area contributed by atoms with Gasteiger partial charge in [-0.05, 0) is 19.9 Å². The highest BCUT2D eigenvalue weighted by Crippen LogP contribution is 2.35. The van der Waals surface area contributed by atoms with E-state index in [1.54, 1.807) is 13.8 Å². The van der Waals surface area contributed by atoms with Crippen LogP contribution in [0.1, 0.15) is 39.3 Å². The smallest absolute Gasteiger partial charge is 0.158 e. The Kier molecular flexibility index (Phi) is 3.90. The van der Waals surface area contributed by atoms with E-state index in [9.17, 15) is 9.70 Å². The summed E-state index contributed by atoms with van der Waals surface area (Å²) in [6.07, 6.45) is 0. The van der Waals surface area contributed by atoms with Crippen molar-refractivity contribution in [2.45, 2.75) is 39.3 Å². The third kappa shape index (κ3) is 2.72. The van der Waals surface area contributed by atoms with Crippen molar-refractivity contribution in [2.24, 2.45) is 11.1 Å². The second kappa shape index (κ2) is 5.32. The van der Waals surface area contributed by atoms with E-state index in [1.165, 1.54) is 0 Å². The number of ketones is 1. The Labute approximate surface area is 119 Å². The lowest BCUT2D eigenvalue weighted by Gasteiger charge is -2.27. The normalized spacial score (nSPS) is 18.2. The number of rotatable bonds is 5. The molecular formula is C15H21N3O2. The summed E-state index contributed by atoms with van der Waals surface area (Å²) in [4.78, 5) is 23.2. The third-order valence-corrected chi connectivity index (χ3v) is 3.47. The quantitative estimate of drug-likeness (QED) is 0.839. The molecule has 20 heavy (non-hydrogen) atoms. The molecule has 1 aromatic rings. The molecule has 1 heterocycles. The molecule has 5 heteroatoms. The van der Waals surface area contributed by atoms with Gasteiger partial charge in [0.2, 0.25) is 0 Å². The molecule has 0 saturated heterocycles. The van der Waals surface area contributed by atoms with Crippen LogP contribution in [0.3, 0.4) is 0 Å². The van der Waals surface area contributed by atoms with Crippen LogP contribution in [0, 0.1) is 10.8 Å². The number of para-hydroxylation sites is 1. The molecule has 0 radical (unpaired) electrons. The Bertz CT molecular complexity index is 526. The van der Waals surface area contributed by atoms with E-state index in [4.69, 9.17) is 0 Å². The molecule has 0 spiro atoms. The molecule has 1 unspecified atom stereocenters. The SMILES string of the molecule is CC(C)C(=O)C1NN(CC(C)(C)N=O)c2ccccc21. The standard InChI is InChI=1S/C15H21N3O2/c1-10(2)14(19)13-11-7-5-6-8-12(11)18(16-13)9-15(3,4)17-20/h5-8,10,13,16H,9H2,1-4H3. The van der Waals surface area contributed by atoms with E-state index in [-0.39, 0.29) is 17.7 Å². The first-order valence-corrected chi connectivity index (χ1v) is 6.86. The predicted octanol–water partition coefficient (Wildman–Crippen LogP) is 2.82. The van der Waals surface area contributed by atoms with E-state index in [1.807, 2.05) is 43.1 Å². The number of carbonyl (C=O) groups is 1. The summed E-state index contributed by atoms with van der Waals surface area (Å²) < 4.78 is 0. The van der Waals surface area contributed by atoms with Crippen molar-refractivity contribution in [3.05, 3.63) is 34.7 Å². The summed E-state index contributed by atoms with van der Waals surface area (Å²) in [7, 11) is 0. The molecule has 0 aliphatic carbocycles. The van der Waals surface area contributed by atoms with Gasteiger partial charge in [0.05, 0.1) is 12.2 Å². The van der Waals surface area contributed by atoms with E-state index in [0.717, 1.165) is 11.3 Å². The highest BCUT2D eigenvalue weighted by atomic mass is 16.3. The van der Waals surface area contributed by atoms with Gasteiger partial charge in [-0.1, -0.05) is 37.2 Å². The number of nitrogens with zero attached hydrogens (tertiary/aromatic N) is 2. The van der Waals surface area contributed by atoms with Gasteiger partial charge in [-0.2, -0.15) is 4.91 Å². The lowest BCUT2D eigenvalue weighted by molar-refractivity contribution is -0.123. The number of hydrazine groups is 1. The summed E-state index contributed by atoms with van der Waals surface area (Å²) >= 11 is 0. The molecule has 0 fully saturated rings. The first-order chi connectivity index (χ1) is 9.35. The van der Waals surface area contributed by atoms with Gasteiger partial charge in [0.15, 0.2) is 5.78 Å². The van der Waals surface area contributed by atoms with Gasteiger partial charge in [-0.15, -0.1) is 0 Å². The summed E-state index contributed by atoms with van der Waals surface area (Å²) in [6.45, 7) is 7.78. The van der Waals surface area contributed by atoms with E-state index in [0.29, 0.717) is 6.54 Å². The molecule has 0 saturated carbocycles. The van der Waals surface area contributed by atoms with Crippen molar-refractivity contribution in [1.29, 1.82) is 0 Å². The molecule has 1 aromatic carbocycles. The van der Waals surface area contributed by atoms with E-state index < -0.39 is 5.54 Å². The van der Waals surface area contributed by atoms with Gasteiger partial charge >= 0.3 is 0 Å². The number of Topliss-reactive ketones (excluding diaryl/α,β-unsaturated/α-hetero) is 1. The minimum absolute atomic E-state index is 0.0438. The number of anilines is 1. The van der Waals surface area contributed by atoms with E-state index in [2.05, 4.69) is 10.6 Å². The Morgan fingerprint density at radius 1 is 1.40 bits per heavy atom. The van der Waals surface area contributed by atoms with E-state index >= 15 is 0 Å². The Morgan fingerprint density at radius 2 is 2.05 bits per heavy atom. The highest BCUT2D eigenvalue weighted by molar-refractivity contribution is 5.90. The Morgan fingerprint density at radius 3 is 2.65 bits per heavy atom. The molecule has 1 atom stereocenters. The number of fused-ring (bicyclic) bond motifs is 1. The number of nitrogens with one attached hydrogen (secondary N) is 1. The predicted molar refractivity (Wildman–Crippen MR) is 79.4 cm³/mol. The van der Waals surface area contributed by atoms with Crippen LogP contribution in [-0.2, 0) is 4.79 Å². The van der Waals surface area contributed by atoms with Crippen molar-refractivity contribution in [3.8, 4) is 0 Å². The van der Waals surface area contributed by atoms with Crippen LogP contribution < -0.4 is 10.4 Å². The first-order valence-electron chi connectivity index (χ1n) is 6.86. The average molecular weight is 275 g/mol. The molecule has 108 valence electrons. The van der Waals surface area contributed by atoms with Crippen LogP contribution in [0.4, 0.5) is 5.69 Å². The lowest BCUT2D eigenvalue weighted by Crippen LogP contribution is -2.45. The van der Waals surface area contributed by atoms with Crippen LogP contribution in [0.2, 0.25) is 0 Å². The zero-order valence-electron chi connectivity index (χ0n) is 12.4. The average Bonchev–Trinajstić information content (AvgIpc) is 2.76. The van der Waals surface area contributed by atoms with Gasteiger partial charge < -0.3 is 5.01 Å². The molecule has 0 bridgehead atoms. The first kappa shape index (κ1) is 14.7. The topological polar surface area (TPSA) is 61.8 Å². The van der Waals surface area contributed by atoms with Gasteiger partial charge in [0, 0.05) is 11.5 Å². The van der Waals surface area contributed by atoms with Crippen molar-refractivity contribution >= 4 is 11.5 Å². The summed E-state index contributed by atoms with van der Waals surface area (Å²) in [6, 6.07) is 7.42. The second-order valence-corrected chi connectivity index (χ2v) is 6.17. The molecule has 1 N–H and O–H groups in total. The summed E-state index contributed by atoms with van der Waals surface area (Å²) in [5, 5.41) is 5.01. The zero-order valence-corrected chi connectivity index (χ0v) is 12.4. The second-order valence-electron chi connectivity index (χ2n) is 6.17. The van der Waals surface area contributed by atoms with Crippen LogP contribution in [-0.4, -0.2) is 17.9 Å². The van der Waals surface area contributed by atoms with Gasteiger partial charge in [0.1, 0.15) is 11.6 Å². The van der Waals surface area contributed by atoms with Crippen molar-refractivity contribution in [2.75, 3.05) is 11.6 Å². The van der Waals surface area contributed by atoms with Crippen LogP contribution in [0.25, 0.3) is 0 Å². The number of carbonyl (C=O) groups excluding carboxylic acids is 1. The molecule has 1 aliphatic rings. The Hall–Kier alpha value is -1.75. The van der Waals surface area contributed by atoms with Gasteiger partial charge in [0.25, 0.3) is 0 Å². The fourth-order valence-corrected chi connectivity index (χ4v) is 2.37. The molecule has 0 aromatic heterocycles. The molecule has 1 aliphatic heterocycles. The maximum absolute atomic E-state index is 12.3. The molecule has 2 rings (SSSR count). The Balaban J connectivity index is 2.31. The zero-order chi connectivity index (χ0) is 14.9. The number of hydrogen-bond acceptors (Lipinski definition) is 5. The summed E-state index contributed by atoms with van der Waals surface area (Å²) in [5.41, 5.74) is 4.41. The lowest BCUT2D eigenvalue weighted by atomic mass is 9.96.